The van der Waals surface area contributed by atoms with Gasteiger partial charge in [-0.15, -0.1) is 0 Å². The third-order valence-electron chi connectivity index (χ3n) is 1.91. The number of rotatable bonds is 2. The van der Waals surface area contributed by atoms with E-state index in [1.165, 1.54) is 4.90 Å². The second-order valence-corrected chi connectivity index (χ2v) is 2.83. The molecule has 0 saturated heterocycles. The van der Waals surface area contributed by atoms with Crippen LogP contribution in [0, 0.1) is 0 Å². The minimum absolute atomic E-state index is 0.215. The molecule has 0 bridgehead atoms. The zero-order chi connectivity index (χ0) is 10.6. The Bertz CT molecular complexity index is 350. The summed E-state index contributed by atoms with van der Waals surface area (Å²) in [5, 5.41) is 2.50. The van der Waals surface area contributed by atoms with Gasteiger partial charge in [-0.1, -0.05) is 12.1 Å². The van der Waals surface area contributed by atoms with E-state index in [-0.39, 0.29) is 6.03 Å². The molecule has 0 atom stereocenters. The monoisotopic (exact) mass is 192 g/mol. The molecule has 0 fully saturated rings. The summed E-state index contributed by atoms with van der Waals surface area (Å²) >= 11 is 0. The quantitative estimate of drug-likeness (QED) is 0.717. The van der Waals surface area contributed by atoms with Gasteiger partial charge in [0, 0.05) is 25.3 Å². The number of carbonyl (C=O) groups excluding carboxylic acids is 2. The minimum Gasteiger partial charge on any atom is -0.341 e. The van der Waals surface area contributed by atoms with Crippen molar-refractivity contribution in [3.63, 3.8) is 0 Å². The summed E-state index contributed by atoms with van der Waals surface area (Å²) in [7, 11) is 3.20. The van der Waals surface area contributed by atoms with E-state index in [1.807, 2.05) is 0 Å². The minimum atomic E-state index is -0.215. The Morgan fingerprint density at radius 2 is 2.21 bits per heavy atom. The van der Waals surface area contributed by atoms with Crippen LogP contribution in [0.3, 0.4) is 0 Å². The predicted octanol–water partition coefficient (Wildman–Crippen LogP) is 1.27. The summed E-state index contributed by atoms with van der Waals surface area (Å²) < 4.78 is 0. The summed E-state index contributed by atoms with van der Waals surface area (Å²) in [5.41, 5.74) is 1.24. The van der Waals surface area contributed by atoms with Crippen molar-refractivity contribution in [2.45, 2.75) is 0 Å². The first-order valence-corrected chi connectivity index (χ1v) is 4.19. The molecule has 1 rings (SSSR count). The van der Waals surface area contributed by atoms with Gasteiger partial charge in [-0.05, 0) is 12.1 Å². The maximum atomic E-state index is 11.2. The van der Waals surface area contributed by atoms with Gasteiger partial charge in [0.25, 0.3) is 0 Å². The smallest absolute Gasteiger partial charge is 0.321 e. The highest BCUT2D eigenvalue weighted by Gasteiger charge is 2.07. The predicted molar refractivity (Wildman–Crippen MR) is 54.7 cm³/mol. The van der Waals surface area contributed by atoms with Gasteiger partial charge < -0.3 is 5.32 Å². The molecule has 2 amide bonds. The summed E-state index contributed by atoms with van der Waals surface area (Å²) in [4.78, 5) is 23.2. The second kappa shape index (κ2) is 4.41. The van der Waals surface area contributed by atoms with Crippen LogP contribution in [0.15, 0.2) is 24.3 Å². The maximum absolute atomic E-state index is 11.2. The maximum Gasteiger partial charge on any atom is 0.321 e. The van der Waals surface area contributed by atoms with Gasteiger partial charge in [0.15, 0.2) is 0 Å². The van der Waals surface area contributed by atoms with Gasteiger partial charge in [-0.2, -0.15) is 0 Å². The van der Waals surface area contributed by atoms with Crippen LogP contribution in [-0.4, -0.2) is 26.4 Å². The fourth-order valence-corrected chi connectivity index (χ4v) is 1.09. The van der Waals surface area contributed by atoms with Crippen LogP contribution in [0.4, 0.5) is 10.5 Å². The molecule has 14 heavy (non-hydrogen) atoms. The number of urea groups is 1. The fourth-order valence-electron chi connectivity index (χ4n) is 1.09. The largest absolute Gasteiger partial charge is 0.341 e. The number of aldehydes is 1. The molecule has 0 unspecified atom stereocenters. The summed E-state index contributed by atoms with van der Waals surface area (Å²) in [5.74, 6) is 0. The third-order valence-corrected chi connectivity index (χ3v) is 1.91. The zero-order valence-electron chi connectivity index (χ0n) is 8.15. The van der Waals surface area contributed by atoms with Gasteiger partial charge in [0.2, 0.25) is 0 Å². The van der Waals surface area contributed by atoms with E-state index >= 15 is 0 Å². The van der Waals surface area contributed by atoms with Crippen LogP contribution < -0.4 is 10.2 Å². The van der Waals surface area contributed by atoms with E-state index in [0.717, 1.165) is 6.29 Å². The van der Waals surface area contributed by atoms with Crippen molar-refractivity contribution in [3.05, 3.63) is 29.8 Å². The lowest BCUT2D eigenvalue weighted by atomic mass is 10.2. The number of hydrogen-bond donors (Lipinski definition) is 1. The second-order valence-electron chi connectivity index (χ2n) is 2.83. The van der Waals surface area contributed by atoms with Crippen LogP contribution >= 0.6 is 0 Å². The molecule has 0 radical (unpaired) electrons. The van der Waals surface area contributed by atoms with E-state index < -0.39 is 0 Å². The highest BCUT2D eigenvalue weighted by atomic mass is 16.2. The lowest BCUT2D eigenvalue weighted by Gasteiger charge is -2.16. The number of carbonyl (C=O) groups is 2. The first-order chi connectivity index (χ1) is 6.69. The SMILES string of the molecule is CNC(=O)N(C)c1cccc(C=O)c1. The van der Waals surface area contributed by atoms with E-state index in [9.17, 15) is 9.59 Å². The van der Waals surface area contributed by atoms with Crippen LogP contribution in [0.5, 0.6) is 0 Å². The van der Waals surface area contributed by atoms with Crippen LogP contribution in [0.1, 0.15) is 10.4 Å². The third kappa shape index (κ3) is 2.10. The molecule has 1 aromatic carbocycles. The Hall–Kier alpha value is -1.84. The topological polar surface area (TPSA) is 49.4 Å². The van der Waals surface area contributed by atoms with Crippen LogP contribution in [0.25, 0.3) is 0 Å². The van der Waals surface area contributed by atoms with E-state index in [4.69, 9.17) is 0 Å². The lowest BCUT2D eigenvalue weighted by Crippen LogP contribution is -2.34. The Morgan fingerprint density at radius 3 is 2.79 bits per heavy atom. The van der Waals surface area contributed by atoms with E-state index in [0.29, 0.717) is 11.3 Å². The van der Waals surface area contributed by atoms with Gasteiger partial charge in [0.05, 0.1) is 0 Å². The highest BCUT2D eigenvalue weighted by Crippen LogP contribution is 2.13. The first-order valence-electron chi connectivity index (χ1n) is 4.19. The van der Waals surface area contributed by atoms with Crippen molar-refractivity contribution in [1.29, 1.82) is 0 Å². The number of nitrogens with one attached hydrogen (secondary N) is 1. The Balaban J connectivity index is 2.94. The average molecular weight is 192 g/mol. The van der Waals surface area contributed by atoms with Crippen molar-refractivity contribution >= 4 is 18.0 Å². The molecule has 0 heterocycles. The Morgan fingerprint density at radius 1 is 1.50 bits per heavy atom. The molecule has 0 spiro atoms. The standard InChI is InChI=1S/C10H12N2O2/c1-11-10(14)12(2)9-5-3-4-8(6-9)7-13/h3-7H,1-2H3,(H,11,14). The van der Waals surface area contributed by atoms with Crippen molar-refractivity contribution in [1.82, 2.24) is 5.32 Å². The van der Waals surface area contributed by atoms with Crippen molar-refractivity contribution in [2.75, 3.05) is 19.0 Å². The zero-order valence-corrected chi connectivity index (χ0v) is 8.15. The Labute approximate surface area is 82.5 Å². The molecule has 74 valence electrons. The van der Waals surface area contributed by atoms with Gasteiger partial charge in [-0.25, -0.2) is 4.79 Å². The molecular weight excluding hydrogens is 180 g/mol. The number of hydrogen-bond acceptors (Lipinski definition) is 2. The molecular formula is C10H12N2O2. The molecule has 0 aliphatic carbocycles. The van der Waals surface area contributed by atoms with E-state index in [1.54, 1.807) is 38.4 Å². The van der Waals surface area contributed by atoms with Gasteiger partial charge in [-0.3, -0.25) is 9.69 Å². The van der Waals surface area contributed by atoms with Crippen molar-refractivity contribution in [3.8, 4) is 0 Å². The molecule has 0 aromatic heterocycles. The first kappa shape index (κ1) is 10.2. The van der Waals surface area contributed by atoms with Crippen molar-refractivity contribution < 1.29 is 9.59 Å². The number of amides is 2. The Kier molecular flexibility index (Phi) is 3.23. The van der Waals surface area contributed by atoms with Gasteiger partial charge >= 0.3 is 6.03 Å². The number of benzene rings is 1. The van der Waals surface area contributed by atoms with E-state index in [2.05, 4.69) is 5.32 Å². The number of nitrogens with zero attached hydrogens (tertiary/aromatic N) is 1. The van der Waals surface area contributed by atoms with Crippen LogP contribution in [-0.2, 0) is 0 Å². The summed E-state index contributed by atoms with van der Waals surface area (Å²) in [6.45, 7) is 0. The fraction of sp³-hybridized carbons (Fsp3) is 0.200. The van der Waals surface area contributed by atoms with Crippen molar-refractivity contribution in [2.24, 2.45) is 0 Å². The highest BCUT2D eigenvalue weighted by molar-refractivity contribution is 5.92. The average Bonchev–Trinajstić information content (AvgIpc) is 2.27. The summed E-state index contributed by atoms with van der Waals surface area (Å²) in [6, 6.07) is 6.63. The molecule has 0 aliphatic rings. The molecule has 4 nitrogen and oxygen atoms in total. The van der Waals surface area contributed by atoms with Crippen LogP contribution in [0.2, 0.25) is 0 Å². The molecule has 0 saturated carbocycles. The molecule has 1 N–H and O–H groups in total. The molecule has 4 heteroatoms. The molecule has 1 aromatic rings. The number of anilines is 1. The lowest BCUT2D eigenvalue weighted by molar-refractivity contribution is 0.112. The normalized spacial score (nSPS) is 9.29. The summed E-state index contributed by atoms with van der Waals surface area (Å²) in [6.07, 6.45) is 0.751. The van der Waals surface area contributed by atoms with Gasteiger partial charge in [0.1, 0.15) is 6.29 Å². The molecule has 0 aliphatic heterocycles.